The Morgan fingerprint density at radius 1 is 1.35 bits per heavy atom. The lowest BCUT2D eigenvalue weighted by Crippen LogP contribution is -2.41. The number of rotatable bonds is 4. The van der Waals surface area contributed by atoms with Crippen LogP contribution in [0, 0.1) is 11.8 Å². The van der Waals surface area contributed by atoms with Gasteiger partial charge in [0.25, 0.3) is 0 Å². The van der Waals surface area contributed by atoms with E-state index in [0.29, 0.717) is 5.92 Å². The number of nitrogens with zero attached hydrogens (tertiary/aromatic N) is 1. The first-order valence-corrected chi connectivity index (χ1v) is 7.57. The summed E-state index contributed by atoms with van der Waals surface area (Å²) in [7, 11) is 0. The molecule has 3 heteroatoms. The Kier molecular flexibility index (Phi) is 6.86. The van der Waals surface area contributed by atoms with Crippen LogP contribution in [0.1, 0.15) is 52.9 Å². The molecule has 0 spiro atoms. The first-order valence-electron chi connectivity index (χ1n) is 7.16. The highest BCUT2D eigenvalue weighted by Gasteiger charge is 2.17. The van der Waals surface area contributed by atoms with Crippen molar-refractivity contribution in [1.29, 1.82) is 0 Å². The number of thiocarbonyl (C=S) groups is 1. The number of likely N-dealkylation sites (tertiary alicyclic amines) is 1. The summed E-state index contributed by atoms with van der Waals surface area (Å²) in [5.41, 5.74) is 0. The van der Waals surface area contributed by atoms with E-state index in [1.807, 2.05) is 0 Å². The van der Waals surface area contributed by atoms with Gasteiger partial charge in [-0.1, -0.05) is 33.6 Å². The molecule has 0 bridgehead atoms. The van der Waals surface area contributed by atoms with Crippen LogP contribution in [0.2, 0.25) is 0 Å². The average Bonchev–Trinajstić information content (AvgIpc) is 2.52. The third-order valence-corrected chi connectivity index (χ3v) is 3.90. The fourth-order valence-electron chi connectivity index (χ4n) is 2.47. The van der Waals surface area contributed by atoms with Crippen molar-refractivity contribution in [3.05, 3.63) is 0 Å². The van der Waals surface area contributed by atoms with Gasteiger partial charge in [0.15, 0.2) is 5.11 Å². The molecule has 1 unspecified atom stereocenters. The highest BCUT2D eigenvalue weighted by molar-refractivity contribution is 7.80. The molecule has 1 saturated heterocycles. The molecule has 1 heterocycles. The smallest absolute Gasteiger partial charge is 0.168 e. The quantitative estimate of drug-likeness (QED) is 0.776. The van der Waals surface area contributed by atoms with Crippen LogP contribution in [0.4, 0.5) is 0 Å². The Labute approximate surface area is 112 Å². The van der Waals surface area contributed by atoms with Gasteiger partial charge < -0.3 is 10.2 Å². The van der Waals surface area contributed by atoms with Crippen LogP contribution in [-0.2, 0) is 0 Å². The van der Waals surface area contributed by atoms with Crippen molar-refractivity contribution in [3.63, 3.8) is 0 Å². The van der Waals surface area contributed by atoms with Crippen LogP contribution in [0.5, 0.6) is 0 Å². The Balaban J connectivity index is 2.32. The van der Waals surface area contributed by atoms with Crippen molar-refractivity contribution in [2.24, 2.45) is 11.8 Å². The second-order valence-corrected chi connectivity index (χ2v) is 6.04. The van der Waals surface area contributed by atoms with Gasteiger partial charge in [0, 0.05) is 19.6 Å². The molecule has 0 aromatic carbocycles. The minimum absolute atomic E-state index is 0.660. The van der Waals surface area contributed by atoms with Crippen molar-refractivity contribution in [2.45, 2.75) is 52.9 Å². The summed E-state index contributed by atoms with van der Waals surface area (Å²) >= 11 is 5.47. The van der Waals surface area contributed by atoms with Crippen molar-refractivity contribution in [2.75, 3.05) is 19.6 Å². The predicted octanol–water partition coefficient (Wildman–Crippen LogP) is 3.42. The van der Waals surface area contributed by atoms with Gasteiger partial charge in [0.2, 0.25) is 0 Å². The second kappa shape index (κ2) is 7.91. The Hall–Kier alpha value is -0.310. The van der Waals surface area contributed by atoms with E-state index >= 15 is 0 Å². The molecule has 1 fully saturated rings. The predicted molar refractivity (Wildman–Crippen MR) is 79.3 cm³/mol. The van der Waals surface area contributed by atoms with E-state index in [0.717, 1.165) is 30.7 Å². The molecule has 0 radical (unpaired) electrons. The van der Waals surface area contributed by atoms with E-state index in [4.69, 9.17) is 12.2 Å². The van der Waals surface area contributed by atoms with Gasteiger partial charge in [-0.3, -0.25) is 0 Å². The molecule has 2 nitrogen and oxygen atoms in total. The van der Waals surface area contributed by atoms with Crippen molar-refractivity contribution in [1.82, 2.24) is 10.2 Å². The van der Waals surface area contributed by atoms with Gasteiger partial charge >= 0.3 is 0 Å². The molecule has 0 aliphatic carbocycles. The van der Waals surface area contributed by atoms with Gasteiger partial charge in [0.05, 0.1) is 0 Å². The summed E-state index contributed by atoms with van der Waals surface area (Å²) < 4.78 is 0. The molecule has 1 atom stereocenters. The van der Waals surface area contributed by atoms with Gasteiger partial charge in [0.1, 0.15) is 0 Å². The van der Waals surface area contributed by atoms with E-state index in [1.54, 1.807) is 0 Å². The zero-order chi connectivity index (χ0) is 12.7. The zero-order valence-electron chi connectivity index (χ0n) is 11.7. The molecular formula is C14H28N2S. The van der Waals surface area contributed by atoms with E-state index in [9.17, 15) is 0 Å². The van der Waals surface area contributed by atoms with Crippen LogP contribution in [-0.4, -0.2) is 29.6 Å². The lowest BCUT2D eigenvalue weighted by molar-refractivity contribution is 0.396. The van der Waals surface area contributed by atoms with Gasteiger partial charge in [-0.15, -0.1) is 0 Å². The Bertz CT molecular complexity index is 228. The second-order valence-electron chi connectivity index (χ2n) is 5.65. The average molecular weight is 256 g/mol. The normalized spacial score (nSPS) is 21.4. The summed E-state index contributed by atoms with van der Waals surface area (Å²) in [4.78, 5) is 2.37. The number of nitrogens with one attached hydrogen (secondary N) is 1. The fourth-order valence-corrected chi connectivity index (χ4v) is 2.73. The van der Waals surface area contributed by atoms with E-state index < -0.39 is 0 Å². The maximum absolute atomic E-state index is 5.47. The van der Waals surface area contributed by atoms with Crippen molar-refractivity contribution >= 4 is 17.3 Å². The van der Waals surface area contributed by atoms with E-state index in [-0.39, 0.29) is 0 Å². The molecule has 17 heavy (non-hydrogen) atoms. The first kappa shape index (κ1) is 14.7. The molecule has 1 rings (SSSR count). The summed E-state index contributed by atoms with van der Waals surface area (Å²) in [5.74, 6) is 1.59. The largest absolute Gasteiger partial charge is 0.362 e. The van der Waals surface area contributed by atoms with E-state index in [2.05, 4.69) is 31.0 Å². The third kappa shape index (κ3) is 5.71. The Morgan fingerprint density at radius 3 is 2.76 bits per heavy atom. The van der Waals surface area contributed by atoms with Gasteiger partial charge in [-0.25, -0.2) is 0 Å². The summed E-state index contributed by atoms with van der Waals surface area (Å²) in [5, 5.41) is 4.35. The van der Waals surface area contributed by atoms with E-state index in [1.165, 1.54) is 32.1 Å². The minimum atomic E-state index is 0.660. The molecule has 0 saturated carbocycles. The maximum atomic E-state index is 5.47. The van der Waals surface area contributed by atoms with Crippen LogP contribution in [0.25, 0.3) is 0 Å². The van der Waals surface area contributed by atoms with Crippen molar-refractivity contribution < 1.29 is 0 Å². The fraction of sp³-hybridized carbons (Fsp3) is 0.929. The number of hydrogen-bond acceptors (Lipinski definition) is 1. The zero-order valence-corrected chi connectivity index (χ0v) is 12.5. The monoisotopic (exact) mass is 256 g/mol. The Morgan fingerprint density at radius 2 is 2.12 bits per heavy atom. The molecule has 0 aromatic rings. The molecule has 0 amide bonds. The number of hydrogen-bond donors (Lipinski definition) is 1. The lowest BCUT2D eigenvalue weighted by atomic mass is 9.96. The highest BCUT2D eigenvalue weighted by atomic mass is 32.1. The highest BCUT2D eigenvalue weighted by Crippen LogP contribution is 2.21. The molecular weight excluding hydrogens is 228 g/mol. The van der Waals surface area contributed by atoms with Crippen LogP contribution < -0.4 is 5.32 Å². The summed E-state index contributed by atoms with van der Waals surface area (Å²) in [6, 6.07) is 0. The van der Waals surface area contributed by atoms with Gasteiger partial charge in [-0.05, 0) is 43.3 Å². The topological polar surface area (TPSA) is 15.3 Å². The van der Waals surface area contributed by atoms with Crippen LogP contribution in [0.15, 0.2) is 0 Å². The SMILES string of the molecule is CCCC1CCCN(C(=S)NCC(C)C)CC1. The summed E-state index contributed by atoms with van der Waals surface area (Å²) in [6.07, 6.45) is 6.71. The molecule has 1 aliphatic rings. The van der Waals surface area contributed by atoms with Gasteiger partial charge in [-0.2, -0.15) is 0 Å². The van der Waals surface area contributed by atoms with Crippen LogP contribution in [0.3, 0.4) is 0 Å². The van der Waals surface area contributed by atoms with Crippen molar-refractivity contribution in [3.8, 4) is 0 Å². The maximum Gasteiger partial charge on any atom is 0.168 e. The molecule has 0 aromatic heterocycles. The third-order valence-electron chi connectivity index (χ3n) is 3.49. The van der Waals surface area contributed by atoms with Crippen LogP contribution >= 0.6 is 12.2 Å². The first-order chi connectivity index (χ1) is 8.13. The molecule has 100 valence electrons. The molecule has 1 N–H and O–H groups in total. The standard InChI is InChI=1S/C14H28N2S/c1-4-6-13-7-5-9-16(10-8-13)14(17)15-11-12(2)3/h12-13H,4-11H2,1-3H3,(H,15,17). The lowest BCUT2D eigenvalue weighted by Gasteiger charge is -2.24. The summed E-state index contributed by atoms with van der Waals surface area (Å²) in [6.45, 7) is 10.0. The minimum Gasteiger partial charge on any atom is -0.362 e. The molecule has 1 aliphatic heterocycles.